The first-order valence-corrected chi connectivity index (χ1v) is 4.71. The number of nitrogens with two attached hydrogens (primary N) is 2. The van der Waals surface area contributed by atoms with Crippen molar-refractivity contribution < 1.29 is 4.79 Å². The number of nitrogen functional groups attached to an aromatic ring is 1. The van der Waals surface area contributed by atoms with Crippen LogP contribution in [0.3, 0.4) is 0 Å². The molecular formula is C9H8ClN5O. The highest BCUT2D eigenvalue weighted by Crippen LogP contribution is 2.18. The number of amides is 1. The number of primary amides is 1. The van der Waals surface area contributed by atoms with Crippen LogP contribution in [0, 0.1) is 0 Å². The van der Waals surface area contributed by atoms with Gasteiger partial charge in [-0.15, -0.1) is 0 Å². The second-order valence-electron chi connectivity index (χ2n) is 3.10. The van der Waals surface area contributed by atoms with Crippen LogP contribution in [0.4, 0.5) is 5.69 Å². The van der Waals surface area contributed by atoms with Crippen molar-refractivity contribution in [3.8, 4) is 5.82 Å². The number of rotatable bonds is 2. The summed E-state index contributed by atoms with van der Waals surface area (Å²) in [5, 5.41) is 4.36. The van der Waals surface area contributed by atoms with Crippen molar-refractivity contribution >= 4 is 23.2 Å². The summed E-state index contributed by atoms with van der Waals surface area (Å²) in [4.78, 5) is 14.9. The van der Waals surface area contributed by atoms with Crippen LogP contribution in [0.2, 0.25) is 5.02 Å². The monoisotopic (exact) mass is 237 g/mol. The second-order valence-corrected chi connectivity index (χ2v) is 3.54. The van der Waals surface area contributed by atoms with Gasteiger partial charge in [0, 0.05) is 12.4 Å². The molecule has 16 heavy (non-hydrogen) atoms. The van der Waals surface area contributed by atoms with Gasteiger partial charge in [-0.05, 0) is 6.07 Å². The Morgan fingerprint density at radius 2 is 2.19 bits per heavy atom. The summed E-state index contributed by atoms with van der Waals surface area (Å²) in [6.45, 7) is 0. The van der Waals surface area contributed by atoms with Crippen molar-refractivity contribution in [3.63, 3.8) is 0 Å². The van der Waals surface area contributed by atoms with Gasteiger partial charge in [0.15, 0.2) is 5.82 Å². The predicted octanol–water partition coefficient (Wildman–Crippen LogP) is 0.602. The Labute approximate surface area is 95.8 Å². The van der Waals surface area contributed by atoms with Crippen LogP contribution in [-0.2, 0) is 0 Å². The molecule has 0 saturated carbocycles. The van der Waals surface area contributed by atoms with E-state index < -0.39 is 5.91 Å². The SMILES string of the molecule is NC(=O)c1cnn(-c2ncc(Cl)cc2N)c1. The maximum atomic E-state index is 10.9. The second kappa shape index (κ2) is 3.82. The maximum Gasteiger partial charge on any atom is 0.251 e. The van der Waals surface area contributed by atoms with E-state index in [2.05, 4.69) is 10.1 Å². The minimum absolute atomic E-state index is 0.288. The van der Waals surface area contributed by atoms with Gasteiger partial charge in [0.1, 0.15) is 0 Å². The molecule has 1 amide bonds. The van der Waals surface area contributed by atoms with Gasteiger partial charge in [-0.2, -0.15) is 5.10 Å². The fourth-order valence-electron chi connectivity index (χ4n) is 1.21. The van der Waals surface area contributed by atoms with Crippen molar-refractivity contribution in [2.45, 2.75) is 0 Å². The van der Waals surface area contributed by atoms with Crippen LogP contribution in [0.5, 0.6) is 0 Å². The predicted molar refractivity (Wildman–Crippen MR) is 59.3 cm³/mol. The lowest BCUT2D eigenvalue weighted by molar-refractivity contribution is 0.100. The number of pyridine rings is 1. The highest BCUT2D eigenvalue weighted by Gasteiger charge is 2.09. The summed E-state index contributed by atoms with van der Waals surface area (Å²) in [6.07, 6.45) is 4.24. The molecule has 2 aromatic rings. The van der Waals surface area contributed by atoms with Gasteiger partial charge < -0.3 is 11.5 Å². The lowest BCUT2D eigenvalue weighted by Gasteiger charge is -2.03. The number of hydrogen-bond acceptors (Lipinski definition) is 4. The first-order valence-electron chi connectivity index (χ1n) is 4.34. The Kier molecular flexibility index (Phi) is 2.49. The first-order chi connectivity index (χ1) is 7.58. The number of carbonyl (C=O) groups is 1. The molecule has 6 nitrogen and oxygen atoms in total. The third kappa shape index (κ3) is 1.82. The van der Waals surface area contributed by atoms with E-state index in [1.807, 2.05) is 0 Å². The van der Waals surface area contributed by atoms with Gasteiger partial charge >= 0.3 is 0 Å². The van der Waals surface area contributed by atoms with Gasteiger partial charge in [0.2, 0.25) is 0 Å². The van der Waals surface area contributed by atoms with Gasteiger partial charge in [-0.25, -0.2) is 9.67 Å². The Morgan fingerprint density at radius 1 is 1.44 bits per heavy atom. The van der Waals surface area contributed by atoms with Gasteiger partial charge in [0.05, 0.1) is 22.5 Å². The van der Waals surface area contributed by atoms with E-state index >= 15 is 0 Å². The Balaban J connectivity index is 2.46. The molecule has 0 spiro atoms. The normalized spacial score (nSPS) is 10.3. The molecule has 2 rings (SSSR count). The number of aromatic nitrogens is 3. The molecule has 2 aromatic heterocycles. The average molecular weight is 238 g/mol. The topological polar surface area (TPSA) is 99.8 Å². The van der Waals surface area contributed by atoms with E-state index in [1.54, 1.807) is 6.07 Å². The van der Waals surface area contributed by atoms with Crippen molar-refractivity contribution in [2.75, 3.05) is 5.73 Å². The van der Waals surface area contributed by atoms with Crippen LogP contribution < -0.4 is 11.5 Å². The zero-order valence-corrected chi connectivity index (χ0v) is 8.85. The Bertz CT molecular complexity index is 551. The number of carbonyl (C=O) groups excluding carboxylic acids is 1. The minimum Gasteiger partial charge on any atom is -0.396 e. The van der Waals surface area contributed by atoms with E-state index in [9.17, 15) is 4.79 Å². The molecule has 7 heteroatoms. The zero-order valence-electron chi connectivity index (χ0n) is 8.09. The Morgan fingerprint density at radius 3 is 2.75 bits per heavy atom. The number of anilines is 1. The van der Waals surface area contributed by atoms with E-state index in [4.69, 9.17) is 23.1 Å². The van der Waals surface area contributed by atoms with Crippen LogP contribution in [-0.4, -0.2) is 20.7 Å². The summed E-state index contributed by atoms with van der Waals surface area (Å²) in [6, 6.07) is 1.55. The number of hydrogen-bond donors (Lipinski definition) is 2. The van der Waals surface area contributed by atoms with Gasteiger partial charge in [-0.1, -0.05) is 11.6 Å². The van der Waals surface area contributed by atoms with E-state index in [-0.39, 0.29) is 5.56 Å². The van der Waals surface area contributed by atoms with Crippen LogP contribution in [0.1, 0.15) is 10.4 Å². The lowest BCUT2D eigenvalue weighted by atomic mass is 10.3. The molecule has 0 atom stereocenters. The fraction of sp³-hybridized carbons (Fsp3) is 0. The van der Waals surface area contributed by atoms with Crippen molar-refractivity contribution in [3.05, 3.63) is 35.2 Å². The molecule has 82 valence electrons. The Hall–Kier alpha value is -2.08. The van der Waals surface area contributed by atoms with Gasteiger partial charge in [-0.3, -0.25) is 4.79 Å². The average Bonchev–Trinajstić information content (AvgIpc) is 2.66. The summed E-state index contributed by atoms with van der Waals surface area (Å²) in [5.74, 6) is -0.157. The van der Waals surface area contributed by atoms with Crippen molar-refractivity contribution in [1.29, 1.82) is 0 Å². The molecule has 0 radical (unpaired) electrons. The first kappa shape index (κ1) is 10.4. The molecule has 0 aliphatic rings. The molecule has 0 unspecified atom stereocenters. The quantitative estimate of drug-likeness (QED) is 0.799. The third-order valence-corrected chi connectivity index (χ3v) is 2.15. The van der Waals surface area contributed by atoms with Crippen molar-refractivity contribution in [1.82, 2.24) is 14.8 Å². The summed E-state index contributed by atoms with van der Waals surface area (Å²) >= 11 is 5.71. The summed E-state index contributed by atoms with van der Waals surface area (Å²) < 4.78 is 1.37. The van der Waals surface area contributed by atoms with Gasteiger partial charge in [0.25, 0.3) is 5.91 Å². The van der Waals surface area contributed by atoms with Crippen LogP contribution in [0.15, 0.2) is 24.7 Å². The molecule has 0 aromatic carbocycles. The van der Waals surface area contributed by atoms with E-state index in [0.717, 1.165) is 0 Å². The fourth-order valence-corrected chi connectivity index (χ4v) is 1.37. The molecule has 0 saturated heterocycles. The standard InChI is InChI=1S/C9H8ClN5O/c10-6-1-7(11)9(13-3-6)15-4-5(2-14-15)8(12)16/h1-4H,11H2,(H2,12,16). The van der Waals surface area contributed by atoms with Crippen LogP contribution in [0.25, 0.3) is 5.82 Å². The lowest BCUT2D eigenvalue weighted by Crippen LogP contribution is -2.09. The smallest absolute Gasteiger partial charge is 0.251 e. The molecule has 0 aliphatic carbocycles. The molecule has 0 fully saturated rings. The number of halogens is 1. The zero-order chi connectivity index (χ0) is 11.7. The molecular weight excluding hydrogens is 230 g/mol. The minimum atomic E-state index is -0.557. The molecule has 4 N–H and O–H groups in total. The van der Waals surface area contributed by atoms with Crippen molar-refractivity contribution in [2.24, 2.45) is 5.73 Å². The van der Waals surface area contributed by atoms with E-state index in [0.29, 0.717) is 16.5 Å². The third-order valence-electron chi connectivity index (χ3n) is 1.95. The molecule has 0 bridgehead atoms. The molecule has 2 heterocycles. The summed E-state index contributed by atoms with van der Waals surface area (Å²) in [7, 11) is 0. The van der Waals surface area contributed by atoms with Crippen LogP contribution >= 0.6 is 11.6 Å². The largest absolute Gasteiger partial charge is 0.396 e. The number of nitrogens with zero attached hydrogens (tertiary/aromatic N) is 3. The summed E-state index contributed by atoms with van der Waals surface area (Å²) in [5.41, 5.74) is 11.5. The molecule has 0 aliphatic heterocycles. The van der Waals surface area contributed by atoms with E-state index in [1.165, 1.54) is 23.3 Å². The maximum absolute atomic E-state index is 10.9. The highest BCUT2D eigenvalue weighted by molar-refractivity contribution is 6.30. The highest BCUT2D eigenvalue weighted by atomic mass is 35.5.